The highest BCUT2D eigenvalue weighted by Crippen LogP contribution is 2.22. The van der Waals surface area contributed by atoms with Gasteiger partial charge >= 0.3 is 0 Å². The maximum absolute atomic E-state index is 11.5. The average molecular weight is 289 g/mol. The molecule has 0 atom stereocenters. The van der Waals surface area contributed by atoms with Crippen molar-refractivity contribution in [2.75, 3.05) is 19.8 Å². The molecule has 0 fully saturated rings. The van der Waals surface area contributed by atoms with Gasteiger partial charge in [0, 0.05) is 26.3 Å². The first-order valence-corrected chi connectivity index (χ1v) is 7.63. The zero-order chi connectivity index (χ0) is 14.5. The van der Waals surface area contributed by atoms with Crippen molar-refractivity contribution in [1.82, 2.24) is 14.9 Å². The molecule has 0 saturated carbocycles. The van der Waals surface area contributed by atoms with Crippen LogP contribution in [-0.4, -0.2) is 40.6 Å². The zero-order valence-electron chi connectivity index (χ0n) is 12.1. The second kappa shape index (κ2) is 6.70. The van der Waals surface area contributed by atoms with Gasteiger partial charge in [-0.05, 0) is 25.5 Å². The van der Waals surface area contributed by atoms with E-state index in [2.05, 4.69) is 9.97 Å². The molecule has 20 heavy (non-hydrogen) atoms. The Kier molecular flexibility index (Phi) is 4.95. The van der Waals surface area contributed by atoms with E-state index in [9.17, 15) is 4.79 Å². The van der Waals surface area contributed by atoms with Crippen LogP contribution in [0.4, 0.5) is 0 Å². The van der Waals surface area contributed by atoms with Crippen LogP contribution in [0.3, 0.4) is 0 Å². The zero-order valence-corrected chi connectivity index (χ0v) is 12.9. The summed E-state index contributed by atoms with van der Waals surface area (Å²) in [5.74, 6) is 1.06. The molecule has 2 rings (SSSR count). The molecule has 1 amide bonds. The number of rotatable bonds is 5. The molecule has 0 aliphatic heterocycles. The minimum absolute atomic E-state index is 0.173. The lowest BCUT2D eigenvalue weighted by Gasteiger charge is -2.10. The lowest BCUT2D eigenvalue weighted by atomic mass is 10.3. The van der Waals surface area contributed by atoms with Gasteiger partial charge in [-0.25, -0.2) is 9.97 Å². The van der Waals surface area contributed by atoms with Crippen LogP contribution in [-0.2, 0) is 4.79 Å². The molecule has 0 bridgehead atoms. The fourth-order valence-electron chi connectivity index (χ4n) is 1.82. The van der Waals surface area contributed by atoms with Gasteiger partial charge in [-0.15, -0.1) is 11.8 Å². The standard InChI is InChI=1S/C15H19N3OS/c1-11-15(20-10-6-9-14(19)18(2)3)17-13-8-5-4-7-12(13)16-11/h4-5,7-8H,6,9-10H2,1-3H3. The van der Waals surface area contributed by atoms with Crippen molar-refractivity contribution >= 4 is 28.7 Å². The summed E-state index contributed by atoms with van der Waals surface area (Å²) in [6.07, 6.45) is 1.44. The van der Waals surface area contributed by atoms with E-state index in [1.165, 1.54) is 0 Å². The molecule has 1 aromatic carbocycles. The Morgan fingerprint density at radius 1 is 1.20 bits per heavy atom. The first kappa shape index (κ1) is 14.8. The number of hydrogen-bond acceptors (Lipinski definition) is 4. The molecule has 0 aliphatic carbocycles. The summed E-state index contributed by atoms with van der Waals surface area (Å²) in [4.78, 5) is 22.3. The number of nitrogens with zero attached hydrogens (tertiary/aromatic N) is 3. The Morgan fingerprint density at radius 2 is 1.85 bits per heavy atom. The fourth-order valence-corrected chi connectivity index (χ4v) is 2.72. The van der Waals surface area contributed by atoms with Gasteiger partial charge in [-0.3, -0.25) is 4.79 Å². The van der Waals surface area contributed by atoms with Crippen LogP contribution in [0.2, 0.25) is 0 Å². The minimum atomic E-state index is 0.173. The minimum Gasteiger partial charge on any atom is -0.349 e. The molecule has 0 unspecified atom stereocenters. The van der Waals surface area contributed by atoms with E-state index in [4.69, 9.17) is 0 Å². The van der Waals surface area contributed by atoms with Gasteiger partial charge in [-0.1, -0.05) is 12.1 Å². The quantitative estimate of drug-likeness (QED) is 0.627. The fraction of sp³-hybridized carbons (Fsp3) is 0.400. The van der Waals surface area contributed by atoms with Crippen molar-refractivity contribution in [2.24, 2.45) is 0 Å². The largest absolute Gasteiger partial charge is 0.349 e. The van der Waals surface area contributed by atoms with Gasteiger partial charge in [-0.2, -0.15) is 0 Å². The highest BCUT2D eigenvalue weighted by Gasteiger charge is 2.07. The Hall–Kier alpha value is -1.62. The predicted molar refractivity (Wildman–Crippen MR) is 82.9 cm³/mol. The Balaban J connectivity index is 1.96. The van der Waals surface area contributed by atoms with Crippen molar-refractivity contribution < 1.29 is 4.79 Å². The number of carbonyl (C=O) groups is 1. The second-order valence-corrected chi connectivity index (χ2v) is 5.93. The van der Waals surface area contributed by atoms with Crippen molar-refractivity contribution in [3.05, 3.63) is 30.0 Å². The van der Waals surface area contributed by atoms with E-state index in [1.807, 2.05) is 31.2 Å². The lowest BCUT2D eigenvalue weighted by Crippen LogP contribution is -2.21. The van der Waals surface area contributed by atoms with Crippen LogP contribution in [0.5, 0.6) is 0 Å². The van der Waals surface area contributed by atoms with Crippen molar-refractivity contribution in [2.45, 2.75) is 24.8 Å². The number of aryl methyl sites for hydroxylation is 1. The van der Waals surface area contributed by atoms with E-state index >= 15 is 0 Å². The van der Waals surface area contributed by atoms with Crippen LogP contribution < -0.4 is 0 Å². The smallest absolute Gasteiger partial charge is 0.222 e. The summed E-state index contributed by atoms with van der Waals surface area (Å²) in [7, 11) is 3.57. The van der Waals surface area contributed by atoms with Crippen LogP contribution >= 0.6 is 11.8 Å². The summed E-state index contributed by atoms with van der Waals surface area (Å²) >= 11 is 1.67. The third-order valence-electron chi connectivity index (χ3n) is 2.97. The third-order valence-corrected chi connectivity index (χ3v) is 4.13. The van der Waals surface area contributed by atoms with Gasteiger partial charge in [0.1, 0.15) is 5.03 Å². The van der Waals surface area contributed by atoms with E-state index in [0.29, 0.717) is 6.42 Å². The molecule has 106 valence electrons. The van der Waals surface area contributed by atoms with Crippen molar-refractivity contribution in [3.63, 3.8) is 0 Å². The van der Waals surface area contributed by atoms with Gasteiger partial charge in [0.05, 0.1) is 16.7 Å². The van der Waals surface area contributed by atoms with Gasteiger partial charge in [0.15, 0.2) is 0 Å². The molecule has 4 nitrogen and oxygen atoms in total. The molecule has 0 N–H and O–H groups in total. The number of hydrogen-bond donors (Lipinski definition) is 0. The molecule has 1 heterocycles. The third kappa shape index (κ3) is 3.70. The summed E-state index contributed by atoms with van der Waals surface area (Å²) in [6.45, 7) is 1.98. The van der Waals surface area contributed by atoms with Crippen molar-refractivity contribution in [1.29, 1.82) is 0 Å². The van der Waals surface area contributed by atoms with E-state index < -0.39 is 0 Å². The van der Waals surface area contributed by atoms with Crippen LogP contribution in [0.1, 0.15) is 18.5 Å². The maximum Gasteiger partial charge on any atom is 0.222 e. The predicted octanol–water partition coefficient (Wildman–Crippen LogP) is 2.90. The van der Waals surface area contributed by atoms with E-state index in [1.54, 1.807) is 30.8 Å². The van der Waals surface area contributed by atoms with Crippen LogP contribution in [0, 0.1) is 6.92 Å². The van der Waals surface area contributed by atoms with E-state index in [0.717, 1.165) is 33.9 Å². The van der Waals surface area contributed by atoms with Gasteiger partial charge in [0.25, 0.3) is 0 Å². The molecular formula is C15H19N3OS. The first-order valence-electron chi connectivity index (χ1n) is 6.64. The molecule has 1 aromatic heterocycles. The highest BCUT2D eigenvalue weighted by molar-refractivity contribution is 7.99. The number of aromatic nitrogens is 2. The summed E-state index contributed by atoms with van der Waals surface area (Å²) in [5.41, 5.74) is 2.80. The highest BCUT2D eigenvalue weighted by atomic mass is 32.2. The topological polar surface area (TPSA) is 46.1 Å². The molecule has 0 saturated heterocycles. The molecule has 0 spiro atoms. The SMILES string of the molecule is Cc1nc2ccccc2nc1SCCCC(=O)N(C)C. The normalized spacial score (nSPS) is 10.8. The number of fused-ring (bicyclic) bond motifs is 1. The van der Waals surface area contributed by atoms with Gasteiger partial charge in [0.2, 0.25) is 5.91 Å². The number of amides is 1. The molecule has 5 heteroatoms. The molecule has 0 aliphatic rings. The van der Waals surface area contributed by atoms with Crippen LogP contribution in [0.25, 0.3) is 11.0 Å². The summed E-state index contributed by atoms with van der Waals surface area (Å²) in [5, 5.41) is 0.959. The first-order chi connectivity index (χ1) is 9.58. The second-order valence-electron chi connectivity index (χ2n) is 4.84. The Morgan fingerprint density at radius 3 is 2.50 bits per heavy atom. The molecular weight excluding hydrogens is 270 g/mol. The summed E-state index contributed by atoms with van der Waals surface area (Å²) < 4.78 is 0. The number of para-hydroxylation sites is 2. The number of thioether (sulfide) groups is 1. The van der Waals surface area contributed by atoms with Crippen LogP contribution in [0.15, 0.2) is 29.3 Å². The maximum atomic E-state index is 11.5. The summed E-state index contributed by atoms with van der Waals surface area (Å²) in [6, 6.07) is 7.88. The number of carbonyl (C=O) groups excluding carboxylic acids is 1. The van der Waals surface area contributed by atoms with E-state index in [-0.39, 0.29) is 5.91 Å². The molecule has 2 aromatic rings. The molecule has 0 radical (unpaired) electrons. The monoisotopic (exact) mass is 289 g/mol. The van der Waals surface area contributed by atoms with Crippen molar-refractivity contribution in [3.8, 4) is 0 Å². The lowest BCUT2D eigenvalue weighted by molar-refractivity contribution is -0.128. The Labute approximate surface area is 123 Å². The van der Waals surface area contributed by atoms with Gasteiger partial charge < -0.3 is 4.90 Å². The number of benzene rings is 1. The average Bonchev–Trinajstić information content (AvgIpc) is 2.43. The Bertz CT molecular complexity index is 613.